The van der Waals surface area contributed by atoms with Crippen LogP contribution in [0.3, 0.4) is 0 Å². The molecule has 47 heavy (non-hydrogen) atoms. The number of phenols is 1. The van der Waals surface area contributed by atoms with Crippen LogP contribution in [0.1, 0.15) is 24.3 Å². The van der Waals surface area contributed by atoms with Gasteiger partial charge in [0, 0.05) is 38.7 Å². The highest BCUT2D eigenvalue weighted by Gasteiger charge is 2.57. The minimum Gasteiger partial charge on any atom is -0.504 e. The zero-order chi connectivity index (χ0) is 32.7. The molecule has 4 aromatic rings. The van der Waals surface area contributed by atoms with Gasteiger partial charge >= 0.3 is 0 Å². The second kappa shape index (κ2) is 11.0. The third kappa shape index (κ3) is 4.51. The summed E-state index contributed by atoms with van der Waals surface area (Å²) in [6, 6.07) is 17.7. The Morgan fingerprint density at radius 1 is 0.979 bits per heavy atom. The molecule has 2 amide bonds. The van der Waals surface area contributed by atoms with Crippen LogP contribution in [0.4, 0.5) is 5.69 Å². The molecule has 0 radical (unpaired) electrons. The largest absolute Gasteiger partial charge is 0.504 e. The summed E-state index contributed by atoms with van der Waals surface area (Å²) in [7, 11) is 1.43. The van der Waals surface area contributed by atoms with E-state index >= 15 is 0 Å². The molecule has 4 atom stereocenters. The molecule has 1 aromatic heterocycles. The Morgan fingerprint density at radius 3 is 2.49 bits per heavy atom. The molecule has 234 valence electrons. The predicted octanol–water partition coefficient (Wildman–Crippen LogP) is 6.94. The number of oxazole rings is 1. The van der Waals surface area contributed by atoms with E-state index < -0.39 is 23.7 Å². The standard InChI is InChI=1S/C36H24Br2N2O7/c1-46-28-13-17(37)12-22(33(28)43)29-19-10-11-20-30(21(19)14-23-31(29)26(41)15-24(38)32(23)42)36(45)40(35(20)44)18-8-6-16(7-9-18)34-39-25-4-2-3-5-27(25)47-34/h2-10,12-13,15,20-21,29-30,43H,11,14H2,1H3. The van der Waals surface area contributed by atoms with Gasteiger partial charge in [-0.3, -0.25) is 24.1 Å². The molecule has 0 spiro atoms. The fourth-order valence-corrected chi connectivity index (χ4v) is 8.44. The number of carbonyl (C=O) groups excluding carboxylic acids is 4. The van der Waals surface area contributed by atoms with Crippen molar-refractivity contribution in [2.75, 3.05) is 12.0 Å². The Hall–Kier alpha value is -4.61. The van der Waals surface area contributed by atoms with Crippen LogP contribution in [0.2, 0.25) is 0 Å². The number of methoxy groups -OCH3 is 1. The van der Waals surface area contributed by atoms with Crippen molar-refractivity contribution >= 4 is 72.0 Å². The molecule has 3 aliphatic carbocycles. The zero-order valence-corrected chi connectivity index (χ0v) is 27.9. The number of carbonyl (C=O) groups is 4. The maximum atomic E-state index is 14.3. The van der Waals surface area contributed by atoms with Crippen molar-refractivity contribution in [2.24, 2.45) is 17.8 Å². The third-order valence-corrected chi connectivity index (χ3v) is 10.6. The first kappa shape index (κ1) is 29.8. The summed E-state index contributed by atoms with van der Waals surface area (Å²) in [5.41, 5.74) is 4.13. The molecule has 1 saturated heterocycles. The number of amides is 2. The zero-order valence-electron chi connectivity index (χ0n) is 24.7. The molecule has 4 aliphatic rings. The van der Waals surface area contributed by atoms with Crippen LogP contribution in [0, 0.1) is 17.8 Å². The van der Waals surface area contributed by atoms with E-state index in [1.54, 1.807) is 36.4 Å². The molecule has 3 aromatic carbocycles. The number of rotatable bonds is 4. The summed E-state index contributed by atoms with van der Waals surface area (Å²) in [6.45, 7) is 0. The van der Waals surface area contributed by atoms with Gasteiger partial charge in [0.15, 0.2) is 28.6 Å². The Morgan fingerprint density at radius 2 is 1.74 bits per heavy atom. The van der Waals surface area contributed by atoms with E-state index in [0.717, 1.165) is 11.1 Å². The molecule has 8 rings (SSSR count). The van der Waals surface area contributed by atoms with Crippen molar-refractivity contribution < 1.29 is 33.4 Å². The van der Waals surface area contributed by atoms with Gasteiger partial charge in [0.2, 0.25) is 17.7 Å². The Kier molecular flexibility index (Phi) is 6.96. The van der Waals surface area contributed by atoms with Crippen molar-refractivity contribution in [2.45, 2.75) is 18.8 Å². The quantitative estimate of drug-likeness (QED) is 0.135. The summed E-state index contributed by atoms with van der Waals surface area (Å²) < 4.78 is 12.0. The lowest BCUT2D eigenvalue weighted by atomic mass is 9.59. The molecule has 0 bridgehead atoms. The van der Waals surface area contributed by atoms with Gasteiger partial charge in [-0.1, -0.05) is 39.7 Å². The van der Waals surface area contributed by atoms with E-state index in [0.29, 0.717) is 32.8 Å². The molecule has 4 unspecified atom stereocenters. The summed E-state index contributed by atoms with van der Waals surface area (Å²) in [6.07, 6.45) is 3.54. The van der Waals surface area contributed by atoms with Gasteiger partial charge < -0.3 is 14.3 Å². The van der Waals surface area contributed by atoms with E-state index in [2.05, 4.69) is 36.8 Å². The van der Waals surface area contributed by atoms with Gasteiger partial charge in [-0.25, -0.2) is 4.98 Å². The monoisotopic (exact) mass is 754 g/mol. The maximum Gasteiger partial charge on any atom is 0.238 e. The number of hydrogen-bond acceptors (Lipinski definition) is 8. The fourth-order valence-electron chi connectivity index (χ4n) is 7.54. The van der Waals surface area contributed by atoms with Gasteiger partial charge in [-0.2, -0.15) is 0 Å². The number of benzene rings is 3. The Bertz CT molecular complexity index is 2150. The topological polar surface area (TPSA) is 127 Å². The maximum absolute atomic E-state index is 14.3. The van der Waals surface area contributed by atoms with Crippen LogP contribution in [0.25, 0.3) is 22.6 Å². The predicted molar refractivity (Wildman–Crippen MR) is 179 cm³/mol. The van der Waals surface area contributed by atoms with Crippen LogP contribution >= 0.6 is 31.9 Å². The van der Waals surface area contributed by atoms with E-state index in [1.165, 1.54) is 18.1 Å². The number of hydrogen-bond donors (Lipinski definition) is 1. The van der Waals surface area contributed by atoms with E-state index in [-0.39, 0.29) is 63.4 Å². The highest BCUT2D eigenvalue weighted by molar-refractivity contribution is 9.12. The summed E-state index contributed by atoms with van der Waals surface area (Å²) in [5.74, 6) is -3.73. The first-order chi connectivity index (χ1) is 22.7. The number of nitrogens with zero attached hydrogens (tertiary/aromatic N) is 2. The van der Waals surface area contributed by atoms with E-state index in [9.17, 15) is 24.3 Å². The molecule has 1 aliphatic heterocycles. The first-order valence-corrected chi connectivity index (χ1v) is 16.5. The van der Waals surface area contributed by atoms with Gasteiger partial charge in [0.05, 0.1) is 29.1 Å². The van der Waals surface area contributed by atoms with Crippen LogP contribution < -0.4 is 9.64 Å². The van der Waals surface area contributed by atoms with Crippen molar-refractivity contribution in [1.82, 2.24) is 4.98 Å². The number of para-hydroxylation sites is 2. The second-order valence-corrected chi connectivity index (χ2v) is 13.8. The Labute approximate surface area is 284 Å². The number of Topliss-reactive ketones (excluding diaryl/α,β-unsaturated/α-hetero) is 1. The van der Waals surface area contributed by atoms with Crippen LogP contribution in [0.5, 0.6) is 11.5 Å². The number of ether oxygens (including phenoxy) is 1. The number of halogens is 2. The van der Waals surface area contributed by atoms with Crippen molar-refractivity contribution in [3.8, 4) is 23.0 Å². The fraction of sp³-hybridized carbons (Fsp3) is 0.194. The molecule has 1 N–H and O–H groups in total. The SMILES string of the molecule is COc1cc(Br)cc(C2C3=CCC4C(=O)N(c5ccc(-c6nc7ccccc7o6)cc5)C(=O)C4C3CC3=C2C(=O)C=C(Br)C3=O)c1O. The number of aromatic nitrogens is 1. The molecular weight excluding hydrogens is 732 g/mol. The molecule has 1 fully saturated rings. The van der Waals surface area contributed by atoms with Crippen molar-refractivity contribution in [3.63, 3.8) is 0 Å². The van der Waals surface area contributed by atoms with Gasteiger partial charge in [0.25, 0.3) is 0 Å². The van der Waals surface area contributed by atoms with Crippen LogP contribution in [-0.2, 0) is 19.2 Å². The number of allylic oxidation sites excluding steroid dienone is 6. The van der Waals surface area contributed by atoms with Gasteiger partial charge in [-0.15, -0.1) is 0 Å². The van der Waals surface area contributed by atoms with Gasteiger partial charge in [-0.05, 0) is 83.2 Å². The lowest BCUT2D eigenvalue weighted by Gasteiger charge is -2.42. The second-order valence-electron chi connectivity index (χ2n) is 12.0. The molecule has 2 heterocycles. The number of fused-ring (bicyclic) bond motifs is 4. The number of phenolic OH excluding ortho intramolecular Hbond substituents is 1. The summed E-state index contributed by atoms with van der Waals surface area (Å²) >= 11 is 6.72. The molecule has 0 saturated carbocycles. The van der Waals surface area contributed by atoms with Gasteiger partial charge in [0.1, 0.15) is 5.52 Å². The van der Waals surface area contributed by atoms with Crippen molar-refractivity contribution in [3.05, 3.63) is 104 Å². The normalized spacial score (nSPS) is 23.9. The minimum absolute atomic E-state index is 0.113. The number of imide groups is 1. The number of ketones is 2. The number of anilines is 1. The average molecular weight is 756 g/mol. The highest BCUT2D eigenvalue weighted by Crippen LogP contribution is 2.57. The molecule has 9 nitrogen and oxygen atoms in total. The Balaban J connectivity index is 1.18. The average Bonchev–Trinajstić information content (AvgIpc) is 3.62. The lowest BCUT2D eigenvalue weighted by Crippen LogP contribution is -2.39. The minimum atomic E-state index is -0.822. The summed E-state index contributed by atoms with van der Waals surface area (Å²) in [4.78, 5) is 61.1. The van der Waals surface area contributed by atoms with E-state index in [4.69, 9.17) is 9.15 Å². The van der Waals surface area contributed by atoms with Crippen molar-refractivity contribution in [1.29, 1.82) is 0 Å². The first-order valence-electron chi connectivity index (χ1n) is 15.0. The van der Waals surface area contributed by atoms with Crippen LogP contribution in [-0.4, -0.2) is 40.6 Å². The number of aromatic hydroxyl groups is 1. The third-order valence-electron chi connectivity index (χ3n) is 9.60. The van der Waals surface area contributed by atoms with Crippen LogP contribution in [0.15, 0.2) is 103 Å². The lowest BCUT2D eigenvalue weighted by molar-refractivity contribution is -0.123. The molecule has 11 heteroatoms. The van der Waals surface area contributed by atoms with E-state index in [1.807, 2.05) is 30.3 Å². The smallest absolute Gasteiger partial charge is 0.238 e. The summed E-state index contributed by atoms with van der Waals surface area (Å²) in [5, 5.41) is 11.3. The highest BCUT2D eigenvalue weighted by atomic mass is 79.9. The molecular formula is C36H24Br2N2O7.